The summed E-state index contributed by atoms with van der Waals surface area (Å²) in [4.78, 5) is 34.6. The maximum Gasteiger partial charge on any atom is 0.347 e. The van der Waals surface area contributed by atoms with Gasteiger partial charge in [0.1, 0.15) is 0 Å². The van der Waals surface area contributed by atoms with E-state index in [9.17, 15) is 14.4 Å². The first kappa shape index (κ1) is 15.7. The fourth-order valence-electron chi connectivity index (χ4n) is 1.51. The number of carbonyl (C=O) groups is 3. The molecule has 0 heterocycles. The molecule has 0 aliphatic rings. The van der Waals surface area contributed by atoms with E-state index in [0.29, 0.717) is 5.56 Å². The van der Waals surface area contributed by atoms with Crippen molar-refractivity contribution in [2.75, 3.05) is 14.2 Å². The van der Waals surface area contributed by atoms with Crippen LogP contribution in [0.3, 0.4) is 0 Å². The van der Waals surface area contributed by atoms with Crippen LogP contribution in [-0.2, 0) is 23.8 Å². The Morgan fingerprint density at radius 2 is 1.85 bits per heavy atom. The van der Waals surface area contributed by atoms with E-state index in [0.717, 1.165) is 12.7 Å². The molecule has 0 aliphatic heterocycles. The Morgan fingerprint density at radius 1 is 1.15 bits per heavy atom. The predicted molar refractivity (Wildman–Crippen MR) is 69.0 cm³/mol. The number of methoxy groups -OCH3 is 2. The Balaban J connectivity index is 2.81. The zero-order valence-electron chi connectivity index (χ0n) is 11.5. The Morgan fingerprint density at radius 3 is 2.40 bits per heavy atom. The van der Waals surface area contributed by atoms with E-state index in [-0.39, 0.29) is 6.42 Å². The van der Waals surface area contributed by atoms with Gasteiger partial charge in [0.25, 0.3) is 0 Å². The monoisotopic (exact) mass is 280 g/mol. The van der Waals surface area contributed by atoms with Crippen LogP contribution in [-0.4, -0.2) is 38.2 Å². The Labute approximate surface area is 116 Å². The molecule has 6 nitrogen and oxygen atoms in total. The van der Waals surface area contributed by atoms with Gasteiger partial charge in [-0.2, -0.15) is 0 Å². The first-order chi connectivity index (χ1) is 9.47. The molecule has 1 aromatic carbocycles. The molecule has 1 aromatic rings. The van der Waals surface area contributed by atoms with Crippen LogP contribution in [0, 0.1) is 6.92 Å². The fraction of sp³-hybridized carbons (Fsp3) is 0.357. The van der Waals surface area contributed by atoms with Crippen LogP contribution in [0.25, 0.3) is 0 Å². The SMILES string of the molecule is COC(=O)C[C@H](OC(=O)c1cccc(C)c1)C(=O)OC. The highest BCUT2D eigenvalue weighted by Gasteiger charge is 2.27. The summed E-state index contributed by atoms with van der Waals surface area (Å²) < 4.78 is 13.9. The fourth-order valence-corrected chi connectivity index (χ4v) is 1.51. The van der Waals surface area contributed by atoms with Gasteiger partial charge in [0.15, 0.2) is 0 Å². The molecule has 1 atom stereocenters. The summed E-state index contributed by atoms with van der Waals surface area (Å²) in [5.74, 6) is -2.18. The van der Waals surface area contributed by atoms with Crippen molar-refractivity contribution in [2.45, 2.75) is 19.4 Å². The molecular weight excluding hydrogens is 264 g/mol. The highest BCUT2D eigenvalue weighted by atomic mass is 16.6. The largest absolute Gasteiger partial charge is 0.469 e. The molecule has 0 fully saturated rings. The van der Waals surface area contributed by atoms with Crippen molar-refractivity contribution in [1.82, 2.24) is 0 Å². The van der Waals surface area contributed by atoms with Crippen LogP contribution in [0.1, 0.15) is 22.3 Å². The van der Waals surface area contributed by atoms with Crippen LogP contribution < -0.4 is 0 Å². The molecule has 0 aliphatic carbocycles. The molecule has 0 saturated carbocycles. The van der Waals surface area contributed by atoms with Crippen molar-refractivity contribution in [3.8, 4) is 0 Å². The Kier molecular flexibility index (Phi) is 5.71. The molecule has 6 heteroatoms. The molecular formula is C14H16O6. The Bertz CT molecular complexity index is 508. The summed E-state index contributed by atoms with van der Waals surface area (Å²) in [5.41, 5.74) is 1.17. The van der Waals surface area contributed by atoms with Crippen molar-refractivity contribution in [1.29, 1.82) is 0 Å². The number of benzene rings is 1. The number of rotatable bonds is 5. The van der Waals surface area contributed by atoms with Crippen molar-refractivity contribution >= 4 is 17.9 Å². The zero-order chi connectivity index (χ0) is 15.1. The van der Waals surface area contributed by atoms with Gasteiger partial charge in [-0.25, -0.2) is 9.59 Å². The van der Waals surface area contributed by atoms with Crippen LogP contribution in [0.15, 0.2) is 24.3 Å². The second kappa shape index (κ2) is 7.28. The summed E-state index contributed by atoms with van der Waals surface area (Å²) >= 11 is 0. The quantitative estimate of drug-likeness (QED) is 0.596. The summed E-state index contributed by atoms with van der Waals surface area (Å²) in [6.45, 7) is 1.82. The van der Waals surface area contributed by atoms with E-state index >= 15 is 0 Å². The molecule has 1 rings (SSSR count). The predicted octanol–water partition coefficient (Wildman–Crippen LogP) is 1.26. The van der Waals surface area contributed by atoms with Gasteiger partial charge >= 0.3 is 17.9 Å². The minimum absolute atomic E-state index is 0.295. The van der Waals surface area contributed by atoms with E-state index in [1.165, 1.54) is 7.11 Å². The highest BCUT2D eigenvalue weighted by molar-refractivity contribution is 5.92. The first-order valence-electron chi connectivity index (χ1n) is 5.90. The standard InChI is InChI=1S/C14H16O6/c1-9-5-4-6-10(7-9)13(16)20-11(14(17)19-3)8-12(15)18-2/h4-7,11H,8H2,1-3H3/t11-/m0/s1. The number of carbonyl (C=O) groups excluding carboxylic acids is 3. The van der Waals surface area contributed by atoms with Gasteiger partial charge in [0, 0.05) is 0 Å². The lowest BCUT2D eigenvalue weighted by molar-refractivity contribution is -0.157. The number of hydrogen-bond donors (Lipinski definition) is 0. The third-order valence-corrected chi connectivity index (χ3v) is 2.55. The van der Waals surface area contributed by atoms with Crippen LogP contribution in [0.4, 0.5) is 0 Å². The zero-order valence-corrected chi connectivity index (χ0v) is 11.5. The van der Waals surface area contributed by atoms with E-state index in [2.05, 4.69) is 9.47 Å². The summed E-state index contributed by atoms with van der Waals surface area (Å²) in [7, 11) is 2.33. The van der Waals surface area contributed by atoms with Gasteiger partial charge < -0.3 is 14.2 Å². The van der Waals surface area contributed by atoms with Crippen molar-refractivity contribution in [3.05, 3.63) is 35.4 Å². The minimum atomic E-state index is -1.32. The van der Waals surface area contributed by atoms with Gasteiger partial charge in [-0.3, -0.25) is 4.79 Å². The third kappa shape index (κ3) is 4.38. The summed E-state index contributed by atoms with van der Waals surface area (Å²) in [6.07, 6.45) is -1.71. The maximum absolute atomic E-state index is 11.9. The van der Waals surface area contributed by atoms with E-state index in [4.69, 9.17) is 4.74 Å². The summed E-state index contributed by atoms with van der Waals surface area (Å²) in [6, 6.07) is 6.69. The lowest BCUT2D eigenvalue weighted by Gasteiger charge is -2.14. The number of hydrogen-bond acceptors (Lipinski definition) is 6. The van der Waals surface area contributed by atoms with Gasteiger partial charge in [-0.05, 0) is 19.1 Å². The van der Waals surface area contributed by atoms with Gasteiger partial charge in [0.2, 0.25) is 6.10 Å². The van der Waals surface area contributed by atoms with Crippen LogP contribution in [0.2, 0.25) is 0 Å². The number of aryl methyl sites for hydroxylation is 1. The van der Waals surface area contributed by atoms with Crippen molar-refractivity contribution in [3.63, 3.8) is 0 Å². The van der Waals surface area contributed by atoms with Gasteiger partial charge in [0.05, 0.1) is 26.2 Å². The molecule has 0 aromatic heterocycles. The second-order valence-electron chi connectivity index (χ2n) is 4.07. The van der Waals surface area contributed by atoms with E-state index in [1.54, 1.807) is 18.2 Å². The molecule has 108 valence electrons. The Hall–Kier alpha value is -2.37. The molecule has 0 N–H and O–H groups in total. The summed E-state index contributed by atoms with van der Waals surface area (Å²) in [5, 5.41) is 0. The van der Waals surface area contributed by atoms with Gasteiger partial charge in [-0.1, -0.05) is 17.7 Å². The lowest BCUT2D eigenvalue weighted by atomic mass is 10.1. The van der Waals surface area contributed by atoms with Crippen LogP contribution in [0.5, 0.6) is 0 Å². The maximum atomic E-state index is 11.9. The smallest absolute Gasteiger partial charge is 0.347 e. The normalized spacial score (nSPS) is 11.3. The molecule has 0 amide bonds. The lowest BCUT2D eigenvalue weighted by Crippen LogP contribution is -2.31. The molecule has 0 unspecified atom stereocenters. The molecule has 20 heavy (non-hydrogen) atoms. The molecule has 0 radical (unpaired) electrons. The van der Waals surface area contributed by atoms with Gasteiger partial charge in [-0.15, -0.1) is 0 Å². The number of ether oxygens (including phenoxy) is 3. The highest BCUT2D eigenvalue weighted by Crippen LogP contribution is 2.10. The average Bonchev–Trinajstić information content (AvgIpc) is 2.45. The molecule has 0 bridgehead atoms. The van der Waals surface area contributed by atoms with Crippen LogP contribution >= 0.6 is 0 Å². The van der Waals surface area contributed by atoms with E-state index < -0.39 is 24.0 Å². The second-order valence-corrected chi connectivity index (χ2v) is 4.07. The number of esters is 3. The average molecular weight is 280 g/mol. The minimum Gasteiger partial charge on any atom is -0.469 e. The molecule has 0 spiro atoms. The van der Waals surface area contributed by atoms with Crippen molar-refractivity contribution in [2.24, 2.45) is 0 Å². The first-order valence-corrected chi connectivity index (χ1v) is 5.90. The molecule has 0 saturated heterocycles. The third-order valence-electron chi connectivity index (χ3n) is 2.55. The van der Waals surface area contributed by atoms with E-state index in [1.807, 2.05) is 13.0 Å². The van der Waals surface area contributed by atoms with Crippen molar-refractivity contribution < 1.29 is 28.6 Å². The topological polar surface area (TPSA) is 78.9 Å².